The van der Waals surface area contributed by atoms with Gasteiger partial charge in [0.25, 0.3) is 5.91 Å². The highest BCUT2D eigenvalue weighted by atomic mass is 16.5. The topological polar surface area (TPSA) is 90.9 Å². The van der Waals surface area contributed by atoms with Gasteiger partial charge in [-0.3, -0.25) is 9.59 Å². The number of hydrogen-bond donors (Lipinski definition) is 1. The molecule has 2 rings (SSSR count). The lowest BCUT2D eigenvalue weighted by Crippen LogP contribution is -2.21. The summed E-state index contributed by atoms with van der Waals surface area (Å²) in [5.41, 5.74) is 0.884. The van der Waals surface area contributed by atoms with Crippen LogP contribution in [0.25, 0.3) is 0 Å². The fourth-order valence-corrected chi connectivity index (χ4v) is 2.24. The van der Waals surface area contributed by atoms with E-state index in [-0.39, 0.29) is 13.0 Å². The molecule has 148 valence electrons. The van der Waals surface area contributed by atoms with E-state index in [9.17, 15) is 14.4 Å². The van der Waals surface area contributed by atoms with Gasteiger partial charge in [-0.2, -0.15) is 0 Å². The van der Waals surface area contributed by atoms with Gasteiger partial charge in [-0.05, 0) is 49.7 Å². The second-order valence-corrected chi connectivity index (χ2v) is 5.77. The van der Waals surface area contributed by atoms with E-state index < -0.39 is 17.8 Å². The van der Waals surface area contributed by atoms with Crippen molar-refractivity contribution in [1.82, 2.24) is 0 Å². The molecule has 0 aliphatic rings. The Kier molecular flexibility index (Phi) is 8.52. The highest BCUT2D eigenvalue weighted by Gasteiger charge is 2.10. The molecular weight excluding hydrogens is 362 g/mol. The zero-order valence-electron chi connectivity index (χ0n) is 15.7. The zero-order chi connectivity index (χ0) is 20.2. The minimum Gasteiger partial charge on any atom is -0.494 e. The molecule has 2 aromatic rings. The Morgan fingerprint density at radius 1 is 0.929 bits per heavy atom. The molecule has 7 heteroatoms. The van der Waals surface area contributed by atoms with E-state index in [1.165, 1.54) is 0 Å². The first-order chi connectivity index (χ1) is 13.6. The summed E-state index contributed by atoms with van der Waals surface area (Å²) in [7, 11) is 0. The van der Waals surface area contributed by atoms with Gasteiger partial charge in [0.05, 0.1) is 18.8 Å². The third kappa shape index (κ3) is 7.49. The molecule has 0 bridgehead atoms. The molecule has 1 amide bonds. The van der Waals surface area contributed by atoms with E-state index in [0.717, 1.165) is 5.75 Å². The van der Waals surface area contributed by atoms with Crippen LogP contribution in [0.5, 0.6) is 5.75 Å². The predicted octanol–water partition coefficient (Wildman–Crippen LogP) is 3.20. The molecular formula is C21H23NO6. The second kappa shape index (κ2) is 11.4. The van der Waals surface area contributed by atoms with Crippen molar-refractivity contribution in [2.24, 2.45) is 0 Å². The summed E-state index contributed by atoms with van der Waals surface area (Å²) in [6, 6.07) is 15.5. The smallest absolute Gasteiger partial charge is 0.338 e. The molecule has 7 nitrogen and oxygen atoms in total. The van der Waals surface area contributed by atoms with Crippen molar-refractivity contribution in [3.63, 3.8) is 0 Å². The number of carbonyl (C=O) groups excluding carboxylic acids is 3. The van der Waals surface area contributed by atoms with E-state index in [0.29, 0.717) is 30.9 Å². The lowest BCUT2D eigenvalue weighted by Gasteiger charge is -2.08. The molecule has 0 unspecified atom stereocenters. The van der Waals surface area contributed by atoms with Crippen LogP contribution in [0.3, 0.4) is 0 Å². The first kappa shape index (κ1) is 21.0. The molecule has 28 heavy (non-hydrogen) atoms. The average Bonchev–Trinajstić information content (AvgIpc) is 2.71. The van der Waals surface area contributed by atoms with Crippen molar-refractivity contribution in [2.75, 3.05) is 25.1 Å². The fourth-order valence-electron chi connectivity index (χ4n) is 2.24. The summed E-state index contributed by atoms with van der Waals surface area (Å²) in [6.45, 7) is 2.03. The Labute approximate surface area is 163 Å². The van der Waals surface area contributed by atoms with Crippen LogP contribution in [0.2, 0.25) is 0 Å². The molecule has 1 N–H and O–H groups in total. The van der Waals surface area contributed by atoms with Crippen LogP contribution in [0.15, 0.2) is 54.6 Å². The van der Waals surface area contributed by atoms with Crippen molar-refractivity contribution in [2.45, 2.75) is 19.8 Å². The lowest BCUT2D eigenvalue weighted by atomic mass is 10.2. The van der Waals surface area contributed by atoms with Crippen molar-refractivity contribution < 1.29 is 28.6 Å². The van der Waals surface area contributed by atoms with Crippen LogP contribution in [0, 0.1) is 0 Å². The van der Waals surface area contributed by atoms with Gasteiger partial charge in [0.2, 0.25) is 0 Å². The zero-order valence-corrected chi connectivity index (χ0v) is 15.7. The molecule has 0 aliphatic heterocycles. The van der Waals surface area contributed by atoms with Gasteiger partial charge >= 0.3 is 11.9 Å². The van der Waals surface area contributed by atoms with E-state index >= 15 is 0 Å². The number of benzene rings is 2. The number of ether oxygens (including phenoxy) is 3. The predicted molar refractivity (Wildman–Crippen MR) is 103 cm³/mol. The lowest BCUT2D eigenvalue weighted by molar-refractivity contribution is -0.147. The van der Waals surface area contributed by atoms with Gasteiger partial charge in [0, 0.05) is 12.1 Å². The second-order valence-electron chi connectivity index (χ2n) is 5.77. The molecule has 0 heterocycles. The van der Waals surface area contributed by atoms with Crippen LogP contribution < -0.4 is 10.1 Å². The highest BCUT2D eigenvalue weighted by Crippen LogP contribution is 2.11. The third-order valence-electron chi connectivity index (χ3n) is 3.58. The summed E-state index contributed by atoms with van der Waals surface area (Å²) >= 11 is 0. The van der Waals surface area contributed by atoms with Gasteiger partial charge < -0.3 is 19.5 Å². The SMILES string of the molecule is CCOC(=O)c1ccc(NC(=O)COC(=O)CCCOc2ccccc2)cc1. The number of nitrogens with one attached hydrogen (secondary N) is 1. The normalized spacial score (nSPS) is 10.0. The van der Waals surface area contributed by atoms with Crippen molar-refractivity contribution >= 4 is 23.5 Å². The summed E-state index contributed by atoms with van der Waals surface area (Å²) in [5, 5.41) is 2.59. The molecule has 0 aromatic heterocycles. The van der Waals surface area contributed by atoms with Crippen LogP contribution in [-0.4, -0.2) is 37.7 Å². The van der Waals surface area contributed by atoms with Crippen molar-refractivity contribution in [3.8, 4) is 5.75 Å². The largest absolute Gasteiger partial charge is 0.494 e. The molecule has 0 radical (unpaired) electrons. The van der Waals surface area contributed by atoms with Gasteiger partial charge in [0.15, 0.2) is 6.61 Å². The number of anilines is 1. The van der Waals surface area contributed by atoms with Gasteiger partial charge in [-0.1, -0.05) is 18.2 Å². The molecule has 0 aliphatic carbocycles. The summed E-state index contributed by atoms with van der Waals surface area (Å²) in [5.74, 6) is -0.614. The molecule has 0 fully saturated rings. The van der Waals surface area contributed by atoms with Crippen LogP contribution >= 0.6 is 0 Å². The number of carbonyl (C=O) groups is 3. The molecule has 2 aromatic carbocycles. The quantitative estimate of drug-likeness (QED) is 0.499. The van der Waals surface area contributed by atoms with Crippen molar-refractivity contribution in [1.29, 1.82) is 0 Å². The molecule has 0 saturated heterocycles. The maximum atomic E-state index is 11.8. The number of para-hydroxylation sites is 1. The maximum absolute atomic E-state index is 11.8. The van der Waals surface area contributed by atoms with Gasteiger partial charge in [0.1, 0.15) is 5.75 Å². The Bertz CT molecular complexity index is 773. The first-order valence-electron chi connectivity index (χ1n) is 8.99. The standard InChI is InChI=1S/C21H23NO6/c1-2-26-21(25)16-10-12-17(13-11-16)22-19(23)15-28-20(24)9-6-14-27-18-7-4-3-5-8-18/h3-5,7-8,10-13H,2,6,9,14-15H2,1H3,(H,22,23). The van der Waals surface area contributed by atoms with Crippen LogP contribution in [0.4, 0.5) is 5.69 Å². The number of esters is 2. The summed E-state index contributed by atoms with van der Waals surface area (Å²) < 4.78 is 15.3. The Balaban J connectivity index is 1.63. The van der Waals surface area contributed by atoms with Crippen LogP contribution in [0.1, 0.15) is 30.1 Å². The fraction of sp³-hybridized carbons (Fsp3) is 0.286. The Morgan fingerprint density at radius 3 is 2.32 bits per heavy atom. The van der Waals surface area contributed by atoms with E-state index in [4.69, 9.17) is 14.2 Å². The Morgan fingerprint density at radius 2 is 1.64 bits per heavy atom. The maximum Gasteiger partial charge on any atom is 0.338 e. The number of rotatable bonds is 10. The summed E-state index contributed by atoms with van der Waals surface area (Å²) in [6.07, 6.45) is 0.652. The van der Waals surface area contributed by atoms with Crippen molar-refractivity contribution in [3.05, 3.63) is 60.2 Å². The van der Waals surface area contributed by atoms with Crippen LogP contribution in [-0.2, 0) is 19.1 Å². The molecule has 0 saturated carbocycles. The van der Waals surface area contributed by atoms with E-state index in [1.54, 1.807) is 31.2 Å². The first-order valence-corrected chi connectivity index (χ1v) is 8.99. The van der Waals surface area contributed by atoms with Gasteiger partial charge in [-0.25, -0.2) is 4.79 Å². The molecule has 0 atom stereocenters. The number of amides is 1. The minimum absolute atomic E-state index is 0.161. The van der Waals surface area contributed by atoms with E-state index in [2.05, 4.69) is 5.32 Å². The van der Waals surface area contributed by atoms with E-state index in [1.807, 2.05) is 30.3 Å². The summed E-state index contributed by atoms with van der Waals surface area (Å²) in [4.78, 5) is 35.1. The minimum atomic E-state index is -0.468. The average molecular weight is 385 g/mol. The monoisotopic (exact) mass is 385 g/mol. The number of hydrogen-bond acceptors (Lipinski definition) is 6. The molecule has 0 spiro atoms. The Hall–Kier alpha value is -3.35. The van der Waals surface area contributed by atoms with Gasteiger partial charge in [-0.15, -0.1) is 0 Å². The highest BCUT2D eigenvalue weighted by molar-refractivity contribution is 5.94. The third-order valence-corrected chi connectivity index (χ3v) is 3.58.